The van der Waals surface area contributed by atoms with Crippen LogP contribution in [0.3, 0.4) is 0 Å². The van der Waals surface area contributed by atoms with Crippen molar-refractivity contribution in [1.29, 1.82) is 0 Å². The Morgan fingerprint density at radius 3 is 1.02 bits per heavy atom. The average molecular weight is 798 g/mol. The van der Waals surface area contributed by atoms with Crippen LogP contribution in [0.15, 0.2) is 24.3 Å². The van der Waals surface area contributed by atoms with Crippen molar-refractivity contribution in [3.63, 3.8) is 0 Å². The molecule has 0 saturated carbocycles. The van der Waals surface area contributed by atoms with E-state index >= 15 is 0 Å². The molecule has 0 bridgehead atoms. The van der Waals surface area contributed by atoms with E-state index in [4.69, 9.17) is 47.4 Å². The van der Waals surface area contributed by atoms with E-state index in [2.05, 4.69) is 22.6 Å². The van der Waals surface area contributed by atoms with Gasteiger partial charge in [-0.2, -0.15) is 0 Å². The molecule has 1 heterocycles. The first-order valence-electron chi connectivity index (χ1n) is 17.0. The van der Waals surface area contributed by atoms with E-state index in [9.17, 15) is 9.59 Å². The van der Waals surface area contributed by atoms with Crippen molar-refractivity contribution >= 4 is 34.4 Å². The molecule has 13 nitrogen and oxygen atoms in total. The Hall–Kier alpha value is -1.31. The second-order valence-corrected chi connectivity index (χ2v) is 11.6. The molecule has 0 fully saturated rings. The van der Waals surface area contributed by atoms with Crippen LogP contribution in [0.1, 0.15) is 46.4 Å². The number of hydrogen-bond acceptors (Lipinski definition) is 12. The van der Waals surface area contributed by atoms with Gasteiger partial charge < -0.3 is 47.4 Å². The van der Waals surface area contributed by atoms with Crippen LogP contribution in [-0.2, 0) is 47.4 Å². The highest BCUT2D eigenvalue weighted by atomic mass is 127. The van der Waals surface area contributed by atoms with Crippen molar-refractivity contribution < 1.29 is 57.0 Å². The van der Waals surface area contributed by atoms with Crippen molar-refractivity contribution in [2.45, 2.75) is 25.7 Å². The van der Waals surface area contributed by atoms with Gasteiger partial charge in [0.2, 0.25) is 0 Å². The van der Waals surface area contributed by atoms with Gasteiger partial charge in [-0.1, -0.05) is 47.6 Å². The average Bonchev–Trinajstić information content (AvgIpc) is 3.34. The van der Waals surface area contributed by atoms with Crippen molar-refractivity contribution in [3.8, 4) is 0 Å². The summed E-state index contributed by atoms with van der Waals surface area (Å²) in [6, 6.07) is 6.83. The Bertz CT molecular complexity index is 893. The van der Waals surface area contributed by atoms with Gasteiger partial charge >= 0.3 is 0 Å². The van der Waals surface area contributed by atoms with E-state index in [1.807, 2.05) is 0 Å². The first-order chi connectivity index (χ1) is 23.8. The number of fused-ring (bicyclic) bond motifs is 1. The van der Waals surface area contributed by atoms with Crippen molar-refractivity contribution in [2.24, 2.45) is 0 Å². The second kappa shape index (κ2) is 31.7. The fourth-order valence-electron chi connectivity index (χ4n) is 4.33. The monoisotopic (exact) mass is 797 g/mol. The van der Waals surface area contributed by atoms with Crippen LogP contribution < -0.4 is 0 Å². The van der Waals surface area contributed by atoms with Gasteiger partial charge in [0.15, 0.2) is 0 Å². The van der Waals surface area contributed by atoms with E-state index < -0.39 is 0 Å². The number of benzene rings is 1. The molecule has 1 aliphatic rings. The Morgan fingerprint density at radius 2 is 0.688 bits per heavy atom. The third-order valence-electron chi connectivity index (χ3n) is 6.86. The van der Waals surface area contributed by atoms with Crippen LogP contribution in [0.2, 0.25) is 0 Å². The zero-order valence-corrected chi connectivity index (χ0v) is 30.6. The predicted octanol–water partition coefficient (Wildman–Crippen LogP) is 3.44. The summed E-state index contributed by atoms with van der Waals surface area (Å²) >= 11 is 2.42. The summed E-state index contributed by atoms with van der Waals surface area (Å²) in [6.07, 6.45) is 4.96. The summed E-state index contributed by atoms with van der Waals surface area (Å²) in [5.74, 6) is -0.550. The zero-order valence-electron chi connectivity index (χ0n) is 28.4. The van der Waals surface area contributed by atoms with Gasteiger partial charge in [0, 0.05) is 6.61 Å². The number of rotatable bonds is 36. The van der Waals surface area contributed by atoms with E-state index in [1.165, 1.54) is 28.6 Å². The summed E-state index contributed by atoms with van der Waals surface area (Å²) < 4.78 is 56.1. The van der Waals surface area contributed by atoms with Crippen LogP contribution in [0.5, 0.6) is 0 Å². The lowest BCUT2D eigenvalue weighted by Crippen LogP contribution is -2.33. The Balaban J connectivity index is 1.17. The summed E-state index contributed by atoms with van der Waals surface area (Å²) in [7, 11) is 0. The molecule has 1 aliphatic heterocycles. The minimum atomic E-state index is -0.275. The molecule has 14 heteroatoms. The second-order valence-electron chi connectivity index (χ2n) is 10.5. The maximum Gasteiger partial charge on any atom is 0.261 e. The number of carbonyl (C=O) groups is 2. The first-order valence-corrected chi connectivity index (χ1v) is 18.6. The third kappa shape index (κ3) is 21.7. The molecule has 0 atom stereocenters. The molecule has 0 unspecified atom stereocenters. The lowest BCUT2D eigenvalue weighted by molar-refractivity contribution is -0.0265. The van der Waals surface area contributed by atoms with Gasteiger partial charge in [0.1, 0.15) is 0 Å². The van der Waals surface area contributed by atoms with Crippen molar-refractivity contribution in [2.75, 3.05) is 143 Å². The number of alkyl halides is 1. The van der Waals surface area contributed by atoms with E-state index in [1.54, 1.807) is 24.3 Å². The van der Waals surface area contributed by atoms with Crippen molar-refractivity contribution in [1.82, 2.24) is 4.90 Å². The predicted molar refractivity (Wildman–Crippen MR) is 187 cm³/mol. The van der Waals surface area contributed by atoms with Gasteiger partial charge in [-0.3, -0.25) is 14.5 Å². The van der Waals surface area contributed by atoms with E-state index in [-0.39, 0.29) is 25.0 Å². The molecule has 0 aliphatic carbocycles. The molecule has 0 spiro atoms. The molecule has 276 valence electrons. The standard InChI is InChI=1S/C34H56INO12/c35-9-5-1-2-6-11-39-13-15-41-17-19-43-21-23-45-25-27-47-29-30-48-28-26-46-24-22-44-20-18-42-16-14-40-12-10-36-33(37)31-7-3-4-8-32(31)34(36)38/h3-4,7-8H,1-2,5-6,9-30H2. The molecule has 0 saturated heterocycles. The van der Waals surface area contributed by atoms with Gasteiger partial charge in [-0.05, 0) is 29.4 Å². The SMILES string of the molecule is O=C1c2ccccc2C(=O)N1CCOCCOCCOCCOCCOCCOCCOCCOCCOCCOCCCCCCI. The number of halogens is 1. The quantitative estimate of drug-likeness (QED) is 0.0427. The van der Waals surface area contributed by atoms with Gasteiger partial charge in [0.05, 0.1) is 143 Å². The van der Waals surface area contributed by atoms with Crippen molar-refractivity contribution in [3.05, 3.63) is 35.4 Å². The molecule has 0 radical (unpaired) electrons. The van der Waals surface area contributed by atoms with Crippen LogP contribution >= 0.6 is 22.6 Å². The molecule has 0 aromatic heterocycles. The molecule has 48 heavy (non-hydrogen) atoms. The fraction of sp³-hybridized carbons (Fsp3) is 0.765. The van der Waals surface area contributed by atoms with Crippen LogP contribution in [-0.4, -0.2) is 160 Å². The molecule has 1 aromatic carbocycles. The normalized spacial score (nSPS) is 12.8. The molecule has 2 rings (SSSR count). The summed E-state index contributed by atoms with van der Waals surface area (Å²) in [5, 5.41) is 0. The molecular formula is C34H56INO12. The smallest absolute Gasteiger partial charge is 0.261 e. The van der Waals surface area contributed by atoms with Gasteiger partial charge in [-0.25, -0.2) is 0 Å². The number of nitrogens with zero attached hydrogens (tertiary/aromatic N) is 1. The topological polar surface area (TPSA) is 130 Å². The summed E-state index contributed by atoms with van der Waals surface area (Å²) in [6.45, 7) is 10.3. The highest BCUT2D eigenvalue weighted by Crippen LogP contribution is 2.21. The summed E-state index contributed by atoms with van der Waals surface area (Å²) in [4.78, 5) is 25.8. The van der Waals surface area contributed by atoms with Crippen LogP contribution in [0, 0.1) is 0 Å². The first kappa shape index (κ1) is 42.9. The van der Waals surface area contributed by atoms with Crippen LogP contribution in [0.4, 0.5) is 0 Å². The third-order valence-corrected chi connectivity index (χ3v) is 7.62. The largest absolute Gasteiger partial charge is 0.379 e. The maximum absolute atomic E-state index is 12.3. The Labute approximate surface area is 299 Å². The minimum absolute atomic E-state index is 0.217. The number of imide groups is 1. The number of hydrogen-bond donors (Lipinski definition) is 0. The molecule has 2 amide bonds. The lowest BCUT2D eigenvalue weighted by Gasteiger charge is -2.13. The lowest BCUT2D eigenvalue weighted by atomic mass is 10.1. The highest BCUT2D eigenvalue weighted by Gasteiger charge is 2.34. The summed E-state index contributed by atoms with van der Waals surface area (Å²) in [5.41, 5.74) is 0.889. The van der Waals surface area contributed by atoms with Gasteiger partial charge in [-0.15, -0.1) is 0 Å². The number of ether oxygens (including phenoxy) is 10. The van der Waals surface area contributed by atoms with Crippen LogP contribution in [0.25, 0.3) is 0 Å². The Morgan fingerprint density at radius 1 is 0.396 bits per heavy atom. The zero-order chi connectivity index (χ0) is 34.2. The molecular weight excluding hydrogens is 741 g/mol. The highest BCUT2D eigenvalue weighted by molar-refractivity contribution is 14.1. The number of unbranched alkanes of at least 4 members (excludes halogenated alkanes) is 3. The Kier molecular flexibility index (Phi) is 28.3. The fourth-order valence-corrected chi connectivity index (χ4v) is 4.87. The minimum Gasteiger partial charge on any atom is -0.379 e. The van der Waals surface area contributed by atoms with E-state index in [0.29, 0.717) is 130 Å². The molecule has 1 aromatic rings. The number of carbonyl (C=O) groups excluding carboxylic acids is 2. The van der Waals surface area contributed by atoms with E-state index in [0.717, 1.165) is 13.0 Å². The van der Waals surface area contributed by atoms with Gasteiger partial charge in [0.25, 0.3) is 11.8 Å². The number of amides is 2. The molecule has 0 N–H and O–H groups in total. The maximum atomic E-state index is 12.3.